The van der Waals surface area contributed by atoms with Crippen molar-refractivity contribution >= 4 is 11.6 Å². The van der Waals surface area contributed by atoms with E-state index in [0.717, 1.165) is 32.1 Å². The molecule has 0 aliphatic heterocycles. The molecule has 0 unspecified atom stereocenters. The molecule has 1 saturated carbocycles. The fourth-order valence-corrected chi connectivity index (χ4v) is 5.36. The predicted molar refractivity (Wildman–Crippen MR) is 125 cm³/mol. The summed E-state index contributed by atoms with van der Waals surface area (Å²) in [5.74, 6) is -0.520. The maximum atomic E-state index is 13.2. The fourth-order valence-electron chi connectivity index (χ4n) is 5.36. The molecule has 192 valence electrons. The van der Waals surface area contributed by atoms with Crippen LogP contribution in [0.25, 0.3) is 11.3 Å². The number of aromatic nitrogens is 3. The lowest BCUT2D eigenvalue weighted by atomic mass is 9.96. The van der Waals surface area contributed by atoms with Gasteiger partial charge in [0, 0.05) is 18.2 Å². The Kier molecular flexibility index (Phi) is 6.17. The molecule has 1 amide bonds. The summed E-state index contributed by atoms with van der Waals surface area (Å²) >= 11 is 0. The van der Waals surface area contributed by atoms with Crippen molar-refractivity contribution in [1.29, 1.82) is 0 Å². The highest BCUT2D eigenvalue weighted by Gasteiger charge is 2.33. The van der Waals surface area contributed by atoms with E-state index in [-0.39, 0.29) is 28.7 Å². The summed E-state index contributed by atoms with van der Waals surface area (Å²) in [7, 11) is 1.82. The maximum absolute atomic E-state index is 13.2. The lowest BCUT2D eigenvalue weighted by Crippen LogP contribution is -2.29. The zero-order valence-electron chi connectivity index (χ0n) is 20.1. The van der Waals surface area contributed by atoms with E-state index >= 15 is 0 Å². The number of hydrogen-bond acceptors (Lipinski definition) is 5. The normalized spacial score (nSPS) is 16.2. The number of halogens is 3. The number of fused-ring (bicyclic) bond motifs is 3. The van der Waals surface area contributed by atoms with Crippen molar-refractivity contribution in [2.24, 2.45) is 7.05 Å². The number of rotatable bonds is 4. The van der Waals surface area contributed by atoms with Crippen LogP contribution in [0.5, 0.6) is 5.75 Å². The lowest BCUT2D eigenvalue weighted by Gasteiger charge is -2.24. The topological polar surface area (TPSA) is 91.3 Å². The number of carbonyl (C=O) groups is 1. The van der Waals surface area contributed by atoms with Gasteiger partial charge in [0.2, 0.25) is 0 Å². The third-order valence-electron chi connectivity index (χ3n) is 7.18. The third-order valence-corrected chi connectivity index (χ3v) is 7.18. The van der Waals surface area contributed by atoms with Crippen LogP contribution in [0.3, 0.4) is 0 Å². The quantitative estimate of drug-likeness (QED) is 0.521. The van der Waals surface area contributed by atoms with Crippen molar-refractivity contribution in [2.75, 3.05) is 5.32 Å². The zero-order chi connectivity index (χ0) is 25.6. The number of alkyl halides is 3. The van der Waals surface area contributed by atoms with Crippen LogP contribution >= 0.6 is 0 Å². The zero-order valence-corrected chi connectivity index (χ0v) is 20.1. The van der Waals surface area contributed by atoms with Gasteiger partial charge >= 0.3 is 6.36 Å². The summed E-state index contributed by atoms with van der Waals surface area (Å²) in [6.07, 6.45) is 1.88. The van der Waals surface area contributed by atoms with Crippen LogP contribution in [-0.4, -0.2) is 26.8 Å². The summed E-state index contributed by atoms with van der Waals surface area (Å²) in [5.41, 5.74) is 2.44. The van der Waals surface area contributed by atoms with Crippen molar-refractivity contribution in [3.63, 3.8) is 0 Å². The van der Waals surface area contributed by atoms with Crippen LogP contribution in [-0.2, 0) is 19.9 Å². The largest absolute Gasteiger partial charge is 0.573 e. The Hall–Kier alpha value is -3.50. The molecule has 0 spiro atoms. The van der Waals surface area contributed by atoms with Gasteiger partial charge in [0.25, 0.3) is 11.5 Å². The van der Waals surface area contributed by atoms with E-state index in [9.17, 15) is 22.8 Å². The third kappa shape index (κ3) is 4.42. The number of anilines is 1. The molecule has 1 N–H and O–H groups in total. The van der Waals surface area contributed by atoms with Crippen LogP contribution in [0, 0.1) is 6.92 Å². The predicted octanol–water partition coefficient (Wildman–Crippen LogP) is 5.30. The second-order valence-corrected chi connectivity index (χ2v) is 9.44. The molecule has 2 heterocycles. The van der Waals surface area contributed by atoms with Crippen molar-refractivity contribution in [3.8, 4) is 17.1 Å². The van der Waals surface area contributed by atoms with E-state index in [1.54, 1.807) is 16.3 Å². The molecular weight excluding hydrogens is 477 g/mol. The molecule has 1 aromatic carbocycles. The van der Waals surface area contributed by atoms with Crippen molar-refractivity contribution in [1.82, 2.24) is 14.5 Å². The Morgan fingerprint density at radius 1 is 1.17 bits per heavy atom. The molecule has 3 aromatic rings. The van der Waals surface area contributed by atoms with Gasteiger partial charge in [-0.2, -0.15) is 0 Å². The number of aryl methyl sites for hydroxylation is 1. The molecule has 2 aromatic heterocycles. The van der Waals surface area contributed by atoms with Crippen LogP contribution in [0.2, 0.25) is 0 Å². The highest BCUT2D eigenvalue weighted by Crippen LogP contribution is 2.37. The number of carbonyl (C=O) groups excluding carboxylic acids is 1. The number of benzene rings is 1. The number of nitrogens with one attached hydrogen (secondary N) is 1. The molecule has 8 nitrogen and oxygen atoms in total. The van der Waals surface area contributed by atoms with Gasteiger partial charge in [-0.3, -0.25) is 14.3 Å². The number of amides is 1. The maximum Gasteiger partial charge on any atom is 0.573 e. The van der Waals surface area contributed by atoms with E-state index in [2.05, 4.69) is 15.2 Å². The highest BCUT2D eigenvalue weighted by atomic mass is 19.4. The minimum Gasteiger partial charge on any atom is -0.406 e. The summed E-state index contributed by atoms with van der Waals surface area (Å²) in [4.78, 5) is 26.5. The Bertz CT molecular complexity index is 1360. The summed E-state index contributed by atoms with van der Waals surface area (Å²) in [6, 6.07) is 4.13. The van der Waals surface area contributed by atoms with Crippen molar-refractivity contribution in [2.45, 2.75) is 70.7 Å². The minimum absolute atomic E-state index is 0.0698. The monoisotopic (exact) mass is 504 g/mol. The molecule has 11 heteroatoms. The van der Waals surface area contributed by atoms with Gasteiger partial charge in [0.15, 0.2) is 11.5 Å². The van der Waals surface area contributed by atoms with Gasteiger partial charge in [0.05, 0.1) is 11.7 Å². The molecule has 0 bridgehead atoms. The first kappa shape index (κ1) is 24.2. The van der Waals surface area contributed by atoms with E-state index in [1.165, 1.54) is 18.2 Å². The van der Waals surface area contributed by atoms with Gasteiger partial charge in [-0.1, -0.05) is 24.4 Å². The molecule has 1 fully saturated rings. The molecule has 36 heavy (non-hydrogen) atoms. The lowest BCUT2D eigenvalue weighted by molar-refractivity contribution is -0.274. The number of ether oxygens (including phenoxy) is 1. The highest BCUT2D eigenvalue weighted by molar-refractivity contribution is 6.05. The van der Waals surface area contributed by atoms with E-state index < -0.39 is 12.3 Å². The first-order valence-corrected chi connectivity index (χ1v) is 12.1. The molecule has 2 aliphatic rings. The van der Waals surface area contributed by atoms with E-state index in [0.29, 0.717) is 47.4 Å². The Balaban J connectivity index is 1.44. The first-order chi connectivity index (χ1) is 17.1. The average Bonchev–Trinajstić information content (AvgIpc) is 3.26. The molecule has 2 aliphatic carbocycles. The molecule has 0 saturated heterocycles. The fraction of sp³-hybridized carbons (Fsp3) is 0.480. The van der Waals surface area contributed by atoms with E-state index in [4.69, 9.17) is 4.52 Å². The minimum atomic E-state index is -4.78. The Labute approximate surface area is 205 Å². The van der Waals surface area contributed by atoms with Crippen LogP contribution < -0.4 is 15.6 Å². The van der Waals surface area contributed by atoms with Crippen LogP contribution in [0.15, 0.2) is 27.5 Å². The van der Waals surface area contributed by atoms with Gasteiger partial charge in [-0.05, 0) is 62.8 Å². The molecular formula is C25H27F3N4O4. The standard InChI is InChI=1S/C25H27F3N4O4/c1-14-20(24(34)32(31(14)2)16-8-4-3-5-9-16)29-23(33)21-19-10-6-7-15-13-17(35-25(26,27)28)11-12-18(15)22(19)36-30-21/h11-13,16H,3-10H2,1-2H3,(H,29,33). The SMILES string of the molecule is Cc1c(NC(=O)c2noc3c2CCCc2cc(OC(F)(F)F)ccc2-3)c(=O)n(C2CCCCC2)n1C. The molecule has 0 atom stereocenters. The molecule has 5 rings (SSSR count). The molecule has 0 radical (unpaired) electrons. The van der Waals surface area contributed by atoms with Gasteiger partial charge in [-0.15, -0.1) is 13.2 Å². The van der Waals surface area contributed by atoms with Gasteiger partial charge < -0.3 is 14.6 Å². The second-order valence-electron chi connectivity index (χ2n) is 9.44. The average molecular weight is 505 g/mol. The van der Waals surface area contributed by atoms with Crippen LogP contribution in [0.4, 0.5) is 18.9 Å². The van der Waals surface area contributed by atoms with Crippen molar-refractivity contribution < 1.29 is 27.2 Å². The van der Waals surface area contributed by atoms with E-state index in [1.807, 2.05) is 7.05 Å². The summed E-state index contributed by atoms with van der Waals surface area (Å²) in [6.45, 7) is 1.79. The Morgan fingerprint density at radius 2 is 1.92 bits per heavy atom. The van der Waals surface area contributed by atoms with Gasteiger partial charge in [0.1, 0.15) is 11.4 Å². The first-order valence-electron chi connectivity index (χ1n) is 12.1. The summed E-state index contributed by atoms with van der Waals surface area (Å²) in [5, 5.41) is 6.73. The van der Waals surface area contributed by atoms with Gasteiger partial charge in [-0.25, -0.2) is 4.68 Å². The number of hydrogen-bond donors (Lipinski definition) is 1. The van der Waals surface area contributed by atoms with Crippen LogP contribution in [0.1, 0.15) is 71.9 Å². The number of nitrogens with zero attached hydrogens (tertiary/aromatic N) is 3. The van der Waals surface area contributed by atoms with Crippen molar-refractivity contribution in [3.05, 3.63) is 51.1 Å². The second kappa shape index (κ2) is 9.18. The Morgan fingerprint density at radius 3 is 2.64 bits per heavy atom. The smallest absolute Gasteiger partial charge is 0.406 e. The summed E-state index contributed by atoms with van der Waals surface area (Å²) < 4.78 is 51.0.